The minimum absolute atomic E-state index is 1.37. The number of thiophene rings is 1. The van der Waals surface area contributed by atoms with Gasteiger partial charge in [-0.25, -0.2) is 0 Å². The van der Waals surface area contributed by atoms with Gasteiger partial charge in [-0.1, -0.05) is 60.7 Å². The van der Waals surface area contributed by atoms with Crippen LogP contribution in [0.3, 0.4) is 0 Å². The molecule has 1 heteroatoms. The van der Waals surface area contributed by atoms with Crippen molar-refractivity contribution in [2.45, 2.75) is 20.8 Å². The zero-order valence-corrected chi connectivity index (χ0v) is 23.2. The first-order valence-electron chi connectivity index (χ1n) is 14.2. The molecule has 0 atom stereocenters. The molecule has 0 N–H and O–H groups in total. The molecule has 0 bridgehead atoms. The van der Waals surface area contributed by atoms with Gasteiger partial charge in [-0.05, 0) is 141 Å². The fourth-order valence-electron chi connectivity index (χ4n) is 8.42. The number of hydrogen-bond acceptors (Lipinski definition) is 1. The minimum atomic E-state index is 1.37. The van der Waals surface area contributed by atoms with Crippen LogP contribution in [0.1, 0.15) is 16.0 Å². The molecular weight excluding hydrogens is 500 g/mol. The molecule has 1 aromatic heterocycles. The van der Waals surface area contributed by atoms with Crippen LogP contribution in [0.2, 0.25) is 0 Å². The Morgan fingerprint density at radius 2 is 0.875 bits per heavy atom. The van der Waals surface area contributed by atoms with Gasteiger partial charge >= 0.3 is 0 Å². The molecule has 2 aliphatic carbocycles. The van der Waals surface area contributed by atoms with Crippen molar-refractivity contribution in [3.63, 3.8) is 0 Å². The molecule has 0 unspecified atom stereocenters. The summed E-state index contributed by atoms with van der Waals surface area (Å²) in [5.74, 6) is 0. The number of rotatable bonds is 0. The highest BCUT2D eigenvalue weighted by Gasteiger charge is 2.27. The first-order valence-corrected chi connectivity index (χ1v) is 15.0. The van der Waals surface area contributed by atoms with E-state index in [0.717, 1.165) is 0 Å². The summed E-state index contributed by atoms with van der Waals surface area (Å²) < 4.78 is 0. The van der Waals surface area contributed by atoms with Crippen LogP contribution < -0.4 is 0 Å². The van der Waals surface area contributed by atoms with Crippen LogP contribution in [0.15, 0.2) is 78.9 Å². The lowest BCUT2D eigenvalue weighted by molar-refractivity contribution is 1.30. The van der Waals surface area contributed by atoms with E-state index in [4.69, 9.17) is 0 Å². The Kier molecular flexibility index (Phi) is 3.22. The second-order valence-electron chi connectivity index (χ2n) is 12.2. The molecule has 0 fully saturated rings. The van der Waals surface area contributed by atoms with Gasteiger partial charge in [0.05, 0.1) is 0 Å². The maximum Gasteiger partial charge on any atom is 0.0430 e. The Bertz CT molecular complexity index is 2700. The highest BCUT2D eigenvalue weighted by Crippen LogP contribution is 2.55. The molecular formula is C39H22S. The van der Waals surface area contributed by atoms with E-state index in [2.05, 4.69) is 99.6 Å². The van der Waals surface area contributed by atoms with Gasteiger partial charge < -0.3 is 0 Å². The number of aryl methyl sites for hydroxylation is 3. The Labute approximate surface area is 233 Å². The molecule has 0 saturated heterocycles. The second kappa shape index (κ2) is 6.30. The molecule has 0 nitrogen and oxygen atoms in total. The summed E-state index contributed by atoms with van der Waals surface area (Å²) in [5, 5.41) is 22.5. The third-order valence-corrected chi connectivity index (χ3v) is 11.3. The highest BCUT2D eigenvalue weighted by molar-refractivity contribution is 7.16. The lowest BCUT2D eigenvalue weighted by atomic mass is 10.00. The molecule has 0 aliphatic heterocycles. The number of benzene rings is 6. The fraction of sp³-hybridized carbons (Fsp3) is 0.0769. The van der Waals surface area contributed by atoms with Gasteiger partial charge in [-0.15, -0.1) is 11.3 Å². The normalized spacial score (nSPS) is 13.4. The molecule has 8 aromatic carbocycles. The standard InChI is InChI=1S/C39H22S/c1-17-12-28-20-4-6-22-30-15-32-24-8-9-26-34-14-19(3)40-39(34)27-11-10-25(37(24)38(26)27)33(32)16-31(30)23-7-5-21(35(20)36(22)23)29(28)13-18(17)2/h4-16H,1-3H3. The van der Waals surface area contributed by atoms with E-state index in [9.17, 15) is 0 Å². The van der Waals surface area contributed by atoms with Crippen molar-refractivity contribution in [2.75, 3.05) is 0 Å². The average molecular weight is 523 g/mol. The number of hydrogen-bond donors (Lipinski definition) is 0. The van der Waals surface area contributed by atoms with E-state index in [0.29, 0.717) is 0 Å². The SMILES string of the molecule is Cc1cc2c(s1)-c1ccc3c4cc5c(cc4c4ccc-2c1c43)c1ccc2c3c(ccc5c31)=c1cc(C)c(C)cc1=2. The van der Waals surface area contributed by atoms with E-state index in [-0.39, 0.29) is 0 Å². The van der Waals surface area contributed by atoms with Crippen LogP contribution in [0.25, 0.3) is 86.2 Å². The molecule has 0 spiro atoms. The summed E-state index contributed by atoms with van der Waals surface area (Å²) in [6.45, 7) is 6.69. The maximum absolute atomic E-state index is 2.50. The Hall–Kier alpha value is -4.46. The van der Waals surface area contributed by atoms with Crippen LogP contribution in [-0.2, 0) is 0 Å². The van der Waals surface area contributed by atoms with Crippen molar-refractivity contribution in [1.82, 2.24) is 0 Å². The van der Waals surface area contributed by atoms with E-state index in [1.165, 1.54) is 123 Å². The topological polar surface area (TPSA) is 0 Å². The quantitative estimate of drug-likeness (QED) is 0.186. The summed E-state index contributed by atoms with van der Waals surface area (Å²) in [6, 6.07) is 31.3. The average Bonchev–Trinajstić information content (AvgIpc) is 3.72. The van der Waals surface area contributed by atoms with Crippen LogP contribution >= 0.6 is 11.3 Å². The van der Waals surface area contributed by atoms with E-state index in [1.807, 2.05) is 11.3 Å². The summed E-state index contributed by atoms with van der Waals surface area (Å²) in [4.78, 5) is 2.83. The van der Waals surface area contributed by atoms with E-state index >= 15 is 0 Å². The zero-order chi connectivity index (χ0) is 26.2. The largest absolute Gasteiger partial charge is 0.140 e. The van der Waals surface area contributed by atoms with E-state index < -0.39 is 0 Å². The predicted octanol–water partition coefficient (Wildman–Crippen LogP) is 11.0. The first kappa shape index (κ1) is 20.4. The van der Waals surface area contributed by atoms with Crippen molar-refractivity contribution in [1.29, 1.82) is 0 Å². The van der Waals surface area contributed by atoms with Gasteiger partial charge in [0.1, 0.15) is 0 Å². The molecule has 0 radical (unpaired) electrons. The smallest absolute Gasteiger partial charge is 0.0430 e. The van der Waals surface area contributed by atoms with Gasteiger partial charge in [-0.2, -0.15) is 0 Å². The molecule has 9 aromatic rings. The molecule has 11 rings (SSSR count). The highest BCUT2D eigenvalue weighted by atomic mass is 32.1. The zero-order valence-electron chi connectivity index (χ0n) is 22.4. The van der Waals surface area contributed by atoms with Crippen molar-refractivity contribution in [3.8, 4) is 21.6 Å². The maximum atomic E-state index is 2.50. The van der Waals surface area contributed by atoms with Gasteiger partial charge in [0.25, 0.3) is 0 Å². The Morgan fingerprint density at radius 1 is 0.375 bits per heavy atom. The Morgan fingerprint density at radius 3 is 1.45 bits per heavy atom. The lowest BCUT2D eigenvalue weighted by Crippen LogP contribution is -1.82. The molecule has 184 valence electrons. The first-order chi connectivity index (χ1) is 19.6. The molecule has 0 saturated carbocycles. The van der Waals surface area contributed by atoms with Crippen LogP contribution in [0, 0.1) is 41.6 Å². The summed E-state index contributed by atoms with van der Waals surface area (Å²) in [5.41, 5.74) is 6.99. The Balaban J connectivity index is 1.33. The van der Waals surface area contributed by atoms with Gasteiger partial charge in [-0.3, -0.25) is 0 Å². The second-order valence-corrected chi connectivity index (χ2v) is 13.4. The summed E-state index contributed by atoms with van der Waals surface area (Å²) >= 11 is 1.93. The van der Waals surface area contributed by atoms with Crippen LogP contribution in [0.4, 0.5) is 0 Å². The lowest BCUT2D eigenvalue weighted by Gasteiger charge is -2.04. The molecule has 0 amide bonds. The predicted molar refractivity (Wildman–Crippen MR) is 172 cm³/mol. The molecule has 40 heavy (non-hydrogen) atoms. The van der Waals surface area contributed by atoms with Gasteiger partial charge in [0, 0.05) is 20.9 Å². The monoisotopic (exact) mass is 522 g/mol. The van der Waals surface area contributed by atoms with Crippen LogP contribution in [-0.4, -0.2) is 0 Å². The van der Waals surface area contributed by atoms with Crippen LogP contribution in [0.5, 0.6) is 0 Å². The third-order valence-electron chi connectivity index (χ3n) is 10.2. The van der Waals surface area contributed by atoms with Gasteiger partial charge in [0.15, 0.2) is 0 Å². The van der Waals surface area contributed by atoms with Gasteiger partial charge in [0.2, 0.25) is 0 Å². The van der Waals surface area contributed by atoms with Crippen molar-refractivity contribution < 1.29 is 0 Å². The van der Waals surface area contributed by atoms with Crippen molar-refractivity contribution >= 4 is 76.0 Å². The van der Waals surface area contributed by atoms with Crippen molar-refractivity contribution in [3.05, 3.63) is 116 Å². The molecule has 2 aliphatic rings. The number of fused-ring (bicyclic) bond motifs is 10. The van der Waals surface area contributed by atoms with Crippen molar-refractivity contribution in [2.24, 2.45) is 0 Å². The third kappa shape index (κ3) is 2.05. The summed E-state index contributed by atoms with van der Waals surface area (Å²) in [6.07, 6.45) is 0. The minimum Gasteiger partial charge on any atom is -0.140 e. The summed E-state index contributed by atoms with van der Waals surface area (Å²) in [7, 11) is 0. The van der Waals surface area contributed by atoms with E-state index in [1.54, 1.807) is 0 Å². The molecule has 1 heterocycles. The fourth-order valence-corrected chi connectivity index (χ4v) is 9.48.